The molecule has 1 saturated carbocycles. The van der Waals surface area contributed by atoms with Crippen LogP contribution in [-0.2, 0) is 0 Å². The Bertz CT molecular complexity index is 402. The number of rotatable bonds is 3. The Balaban J connectivity index is 2.24. The van der Waals surface area contributed by atoms with E-state index < -0.39 is 0 Å². The third-order valence-electron chi connectivity index (χ3n) is 4.25. The number of halogens is 1. The van der Waals surface area contributed by atoms with Crippen molar-refractivity contribution in [2.45, 2.75) is 45.6 Å². The van der Waals surface area contributed by atoms with Crippen molar-refractivity contribution in [3.05, 3.63) is 35.1 Å². The van der Waals surface area contributed by atoms with Gasteiger partial charge in [0.05, 0.1) is 0 Å². The molecule has 0 radical (unpaired) electrons. The highest BCUT2D eigenvalue weighted by molar-refractivity contribution is 5.27. The summed E-state index contributed by atoms with van der Waals surface area (Å²) >= 11 is 0. The molecule has 0 saturated heterocycles. The molecule has 1 aliphatic carbocycles. The second-order valence-corrected chi connectivity index (χ2v) is 5.82. The SMILES string of the molecule is CNC(c1cc(C)ccc1F)C1CCCC(C)C1. The van der Waals surface area contributed by atoms with Crippen LogP contribution in [0.15, 0.2) is 18.2 Å². The zero-order valence-corrected chi connectivity index (χ0v) is 11.7. The van der Waals surface area contributed by atoms with E-state index in [1.807, 2.05) is 26.1 Å². The quantitative estimate of drug-likeness (QED) is 0.845. The van der Waals surface area contributed by atoms with E-state index in [2.05, 4.69) is 12.2 Å². The maximum absolute atomic E-state index is 14.0. The van der Waals surface area contributed by atoms with Crippen LogP contribution in [0.5, 0.6) is 0 Å². The van der Waals surface area contributed by atoms with E-state index in [9.17, 15) is 4.39 Å². The molecule has 3 atom stereocenters. The first-order valence-electron chi connectivity index (χ1n) is 7.05. The molecule has 2 rings (SSSR count). The summed E-state index contributed by atoms with van der Waals surface area (Å²) < 4.78 is 14.0. The lowest BCUT2D eigenvalue weighted by Gasteiger charge is -2.33. The van der Waals surface area contributed by atoms with Crippen LogP contribution in [0.4, 0.5) is 4.39 Å². The maximum Gasteiger partial charge on any atom is 0.128 e. The van der Waals surface area contributed by atoms with Gasteiger partial charge < -0.3 is 5.32 Å². The van der Waals surface area contributed by atoms with Crippen molar-refractivity contribution in [3.8, 4) is 0 Å². The molecule has 18 heavy (non-hydrogen) atoms. The molecular formula is C16H24FN. The molecular weight excluding hydrogens is 225 g/mol. The summed E-state index contributed by atoms with van der Waals surface area (Å²) in [6, 6.07) is 5.60. The first kappa shape index (κ1) is 13.5. The van der Waals surface area contributed by atoms with Gasteiger partial charge in [-0.25, -0.2) is 4.39 Å². The fourth-order valence-corrected chi connectivity index (χ4v) is 3.33. The Morgan fingerprint density at radius 1 is 1.33 bits per heavy atom. The Morgan fingerprint density at radius 3 is 2.78 bits per heavy atom. The van der Waals surface area contributed by atoms with Gasteiger partial charge in [-0.2, -0.15) is 0 Å². The molecule has 1 N–H and O–H groups in total. The van der Waals surface area contributed by atoms with Crippen LogP contribution >= 0.6 is 0 Å². The van der Waals surface area contributed by atoms with Gasteiger partial charge in [0.1, 0.15) is 5.82 Å². The van der Waals surface area contributed by atoms with E-state index in [1.165, 1.54) is 25.7 Å². The van der Waals surface area contributed by atoms with E-state index >= 15 is 0 Å². The van der Waals surface area contributed by atoms with Gasteiger partial charge >= 0.3 is 0 Å². The molecule has 0 amide bonds. The van der Waals surface area contributed by atoms with E-state index in [1.54, 1.807) is 6.07 Å². The monoisotopic (exact) mass is 249 g/mol. The van der Waals surface area contributed by atoms with Crippen LogP contribution in [0.3, 0.4) is 0 Å². The second kappa shape index (κ2) is 5.83. The predicted molar refractivity (Wildman–Crippen MR) is 74.1 cm³/mol. The number of nitrogens with one attached hydrogen (secondary N) is 1. The third-order valence-corrected chi connectivity index (χ3v) is 4.25. The summed E-state index contributed by atoms with van der Waals surface area (Å²) in [5, 5.41) is 3.34. The van der Waals surface area contributed by atoms with Gasteiger partial charge in [-0.05, 0) is 44.7 Å². The third kappa shape index (κ3) is 2.92. The fraction of sp³-hybridized carbons (Fsp3) is 0.625. The molecule has 1 nitrogen and oxygen atoms in total. The highest BCUT2D eigenvalue weighted by atomic mass is 19.1. The van der Waals surface area contributed by atoms with Crippen LogP contribution in [0.1, 0.15) is 49.8 Å². The lowest BCUT2D eigenvalue weighted by atomic mass is 9.76. The van der Waals surface area contributed by atoms with Gasteiger partial charge in [0, 0.05) is 11.6 Å². The normalized spacial score (nSPS) is 26.0. The van der Waals surface area contributed by atoms with Crippen LogP contribution < -0.4 is 5.32 Å². The molecule has 0 heterocycles. The van der Waals surface area contributed by atoms with Crippen LogP contribution in [-0.4, -0.2) is 7.05 Å². The lowest BCUT2D eigenvalue weighted by Crippen LogP contribution is -2.29. The zero-order chi connectivity index (χ0) is 13.1. The number of hydrogen-bond donors (Lipinski definition) is 1. The smallest absolute Gasteiger partial charge is 0.128 e. The van der Waals surface area contributed by atoms with E-state index in [4.69, 9.17) is 0 Å². The molecule has 2 heteroatoms. The molecule has 0 spiro atoms. The van der Waals surface area contributed by atoms with Gasteiger partial charge in [-0.3, -0.25) is 0 Å². The number of hydrogen-bond acceptors (Lipinski definition) is 1. The highest BCUT2D eigenvalue weighted by Gasteiger charge is 2.28. The van der Waals surface area contributed by atoms with Gasteiger partial charge in [0.15, 0.2) is 0 Å². The van der Waals surface area contributed by atoms with Crippen LogP contribution in [0, 0.1) is 24.6 Å². The second-order valence-electron chi connectivity index (χ2n) is 5.82. The minimum atomic E-state index is -0.0711. The van der Waals surface area contributed by atoms with Gasteiger partial charge in [0.25, 0.3) is 0 Å². The summed E-state index contributed by atoms with van der Waals surface area (Å²) in [4.78, 5) is 0. The molecule has 1 aromatic carbocycles. The predicted octanol–water partition coefficient (Wildman–Crippen LogP) is 4.22. The van der Waals surface area contributed by atoms with Crippen molar-refractivity contribution in [1.82, 2.24) is 5.32 Å². The summed E-state index contributed by atoms with van der Waals surface area (Å²) in [7, 11) is 1.95. The summed E-state index contributed by atoms with van der Waals surface area (Å²) in [5.74, 6) is 1.26. The zero-order valence-electron chi connectivity index (χ0n) is 11.7. The van der Waals surface area contributed by atoms with Gasteiger partial charge in [0.2, 0.25) is 0 Å². The first-order valence-corrected chi connectivity index (χ1v) is 7.05. The molecule has 0 bridgehead atoms. The Kier molecular flexibility index (Phi) is 4.39. The topological polar surface area (TPSA) is 12.0 Å². The maximum atomic E-state index is 14.0. The molecule has 100 valence electrons. The largest absolute Gasteiger partial charge is 0.313 e. The molecule has 0 aromatic heterocycles. The highest BCUT2D eigenvalue weighted by Crippen LogP contribution is 2.37. The Hall–Kier alpha value is -0.890. The minimum absolute atomic E-state index is 0.0711. The van der Waals surface area contributed by atoms with Gasteiger partial charge in [-0.15, -0.1) is 0 Å². The van der Waals surface area contributed by atoms with Crippen molar-refractivity contribution in [2.75, 3.05) is 7.05 Å². The molecule has 1 fully saturated rings. The first-order chi connectivity index (χ1) is 8.61. The van der Waals surface area contributed by atoms with Crippen molar-refractivity contribution in [2.24, 2.45) is 11.8 Å². The molecule has 3 unspecified atom stereocenters. The average Bonchev–Trinajstić information content (AvgIpc) is 2.35. The minimum Gasteiger partial charge on any atom is -0.313 e. The molecule has 0 aliphatic heterocycles. The van der Waals surface area contributed by atoms with Gasteiger partial charge in [-0.1, -0.05) is 37.5 Å². The van der Waals surface area contributed by atoms with Crippen LogP contribution in [0.2, 0.25) is 0 Å². The molecule has 1 aromatic rings. The summed E-state index contributed by atoms with van der Waals surface area (Å²) in [6.45, 7) is 4.34. The van der Waals surface area contributed by atoms with Crippen LogP contribution in [0.25, 0.3) is 0 Å². The average molecular weight is 249 g/mol. The Morgan fingerprint density at radius 2 is 2.11 bits per heavy atom. The van der Waals surface area contributed by atoms with Crippen molar-refractivity contribution in [3.63, 3.8) is 0 Å². The van der Waals surface area contributed by atoms with E-state index in [0.717, 1.165) is 17.0 Å². The number of benzene rings is 1. The number of aryl methyl sites for hydroxylation is 1. The van der Waals surface area contributed by atoms with Crippen molar-refractivity contribution < 1.29 is 4.39 Å². The van der Waals surface area contributed by atoms with E-state index in [0.29, 0.717) is 5.92 Å². The standard InChI is InChI=1S/C16H24FN/c1-11-5-4-6-13(9-11)16(18-3)14-10-12(2)7-8-15(14)17/h7-8,10-11,13,16,18H,4-6,9H2,1-3H3. The molecule has 1 aliphatic rings. The van der Waals surface area contributed by atoms with Crippen molar-refractivity contribution >= 4 is 0 Å². The Labute approximate surface area is 110 Å². The summed E-state index contributed by atoms with van der Waals surface area (Å²) in [6.07, 6.45) is 5.02. The fourth-order valence-electron chi connectivity index (χ4n) is 3.33. The lowest BCUT2D eigenvalue weighted by molar-refractivity contribution is 0.227. The summed E-state index contributed by atoms with van der Waals surface area (Å²) in [5.41, 5.74) is 1.98. The van der Waals surface area contributed by atoms with E-state index in [-0.39, 0.29) is 11.9 Å². The van der Waals surface area contributed by atoms with Crippen molar-refractivity contribution in [1.29, 1.82) is 0 Å².